The lowest BCUT2D eigenvalue weighted by Gasteiger charge is -2.43. The van der Waals surface area contributed by atoms with E-state index in [-0.39, 0.29) is 24.6 Å². The number of benzene rings is 1. The van der Waals surface area contributed by atoms with Crippen molar-refractivity contribution < 1.29 is 14.3 Å². The van der Waals surface area contributed by atoms with E-state index in [2.05, 4.69) is 4.90 Å². The van der Waals surface area contributed by atoms with Gasteiger partial charge in [0.15, 0.2) is 0 Å². The van der Waals surface area contributed by atoms with E-state index in [0.717, 1.165) is 24.8 Å². The molecule has 1 aromatic rings. The molecule has 3 nitrogen and oxygen atoms in total. The van der Waals surface area contributed by atoms with Crippen molar-refractivity contribution in [2.75, 3.05) is 13.2 Å². The highest BCUT2D eigenvalue weighted by Gasteiger charge is 2.50. The van der Waals surface area contributed by atoms with Crippen molar-refractivity contribution in [1.82, 2.24) is 4.90 Å². The van der Waals surface area contributed by atoms with Crippen molar-refractivity contribution in [2.45, 2.75) is 43.7 Å². The van der Waals surface area contributed by atoms with E-state index in [1.807, 2.05) is 30.3 Å². The highest BCUT2D eigenvalue weighted by Crippen LogP contribution is 2.46. The fourth-order valence-corrected chi connectivity index (χ4v) is 4.28. The van der Waals surface area contributed by atoms with Gasteiger partial charge in [-0.3, -0.25) is 14.1 Å². The fraction of sp³-hybridized carbons (Fsp3) is 0.588. The van der Waals surface area contributed by atoms with Crippen molar-refractivity contribution in [3.8, 4) is 0 Å². The number of carbonyl (C=O) groups is 1. The van der Waals surface area contributed by atoms with Gasteiger partial charge in [-0.25, -0.2) is 0 Å². The Morgan fingerprint density at radius 1 is 1.29 bits per heavy atom. The second kappa shape index (κ2) is 6.14. The number of carboxylic acids is 1. The summed E-state index contributed by atoms with van der Waals surface area (Å²) in [5.74, 6) is -0.993. The molecule has 3 rings (SSSR count). The van der Waals surface area contributed by atoms with Crippen LogP contribution in [0.5, 0.6) is 0 Å². The quantitative estimate of drug-likeness (QED) is 0.906. The number of aliphatic carboxylic acids is 1. The predicted molar refractivity (Wildman–Crippen MR) is 79.0 cm³/mol. The standard InChI is InChI=1S/C17H22FNO2/c18-9-4-10-19-13-7-8-15(19)16(17(20)21)14(11-13)12-5-2-1-3-6-12/h1-3,5-6,13-16H,4,7-11H2,(H,20,21)/t13-,14+,15+,16-/m1/s1. The number of halogens is 1. The smallest absolute Gasteiger partial charge is 0.308 e. The Morgan fingerprint density at radius 2 is 2.05 bits per heavy atom. The Hall–Kier alpha value is -1.42. The van der Waals surface area contributed by atoms with E-state index in [1.54, 1.807) is 0 Å². The molecule has 2 saturated heterocycles. The number of piperidine rings is 1. The highest BCUT2D eigenvalue weighted by atomic mass is 19.1. The van der Waals surface area contributed by atoms with Gasteiger partial charge in [0.2, 0.25) is 0 Å². The molecular weight excluding hydrogens is 269 g/mol. The molecule has 1 aromatic carbocycles. The Kier molecular flexibility index (Phi) is 4.24. The largest absolute Gasteiger partial charge is 0.481 e. The first-order chi connectivity index (χ1) is 10.2. The molecule has 1 N–H and O–H groups in total. The normalized spacial score (nSPS) is 32.2. The molecule has 0 spiro atoms. The summed E-state index contributed by atoms with van der Waals surface area (Å²) in [6, 6.07) is 10.5. The second-order valence-electron chi connectivity index (χ2n) is 6.20. The van der Waals surface area contributed by atoms with E-state index in [4.69, 9.17) is 0 Å². The lowest BCUT2D eigenvalue weighted by molar-refractivity contribution is -0.146. The van der Waals surface area contributed by atoms with E-state index in [1.165, 1.54) is 0 Å². The monoisotopic (exact) mass is 291 g/mol. The van der Waals surface area contributed by atoms with Crippen LogP contribution in [0.1, 0.15) is 37.2 Å². The zero-order valence-electron chi connectivity index (χ0n) is 12.1. The summed E-state index contributed by atoms with van der Waals surface area (Å²) in [5, 5.41) is 9.73. The van der Waals surface area contributed by atoms with Crippen molar-refractivity contribution >= 4 is 5.97 Å². The van der Waals surface area contributed by atoms with Gasteiger partial charge >= 0.3 is 5.97 Å². The molecule has 0 unspecified atom stereocenters. The minimum absolute atomic E-state index is 0.0676. The lowest BCUT2D eigenvalue weighted by atomic mass is 9.76. The van der Waals surface area contributed by atoms with Crippen molar-refractivity contribution in [3.63, 3.8) is 0 Å². The number of hydrogen-bond acceptors (Lipinski definition) is 2. The topological polar surface area (TPSA) is 40.5 Å². The number of hydrogen-bond donors (Lipinski definition) is 1. The predicted octanol–water partition coefficient (Wildman–Crippen LogP) is 3.07. The van der Waals surface area contributed by atoms with Gasteiger partial charge in [-0.1, -0.05) is 30.3 Å². The van der Waals surface area contributed by atoms with Crippen LogP contribution in [0.25, 0.3) is 0 Å². The number of rotatable bonds is 5. The lowest BCUT2D eigenvalue weighted by Crippen LogP contribution is -2.51. The Morgan fingerprint density at radius 3 is 2.71 bits per heavy atom. The summed E-state index contributed by atoms with van der Waals surface area (Å²) in [6.45, 7) is 0.368. The van der Waals surface area contributed by atoms with Crippen molar-refractivity contribution in [1.29, 1.82) is 0 Å². The third kappa shape index (κ3) is 2.69. The van der Waals surface area contributed by atoms with E-state index in [0.29, 0.717) is 19.0 Å². The summed E-state index contributed by atoms with van der Waals surface area (Å²) in [7, 11) is 0. The summed E-state index contributed by atoms with van der Waals surface area (Å²) >= 11 is 0. The molecule has 114 valence electrons. The molecule has 2 aliphatic heterocycles. The van der Waals surface area contributed by atoms with Crippen molar-refractivity contribution in [2.24, 2.45) is 5.92 Å². The van der Waals surface area contributed by atoms with Gasteiger partial charge in [0.25, 0.3) is 0 Å². The van der Waals surface area contributed by atoms with Crippen LogP contribution in [0, 0.1) is 5.92 Å². The average Bonchev–Trinajstić information content (AvgIpc) is 2.76. The molecule has 2 aliphatic rings. The molecule has 2 bridgehead atoms. The molecule has 2 fully saturated rings. The summed E-state index contributed by atoms with van der Waals surface area (Å²) < 4.78 is 12.5. The van der Waals surface area contributed by atoms with Crippen LogP contribution in [0.15, 0.2) is 30.3 Å². The first-order valence-corrected chi connectivity index (χ1v) is 7.82. The maximum atomic E-state index is 12.5. The summed E-state index contributed by atoms with van der Waals surface area (Å²) in [4.78, 5) is 14.1. The van der Waals surface area contributed by atoms with Gasteiger partial charge in [-0.2, -0.15) is 0 Å². The maximum absolute atomic E-state index is 12.5. The Balaban J connectivity index is 1.86. The molecule has 21 heavy (non-hydrogen) atoms. The maximum Gasteiger partial charge on any atom is 0.308 e. The molecule has 4 atom stereocenters. The molecule has 2 heterocycles. The SMILES string of the molecule is O=C(O)[C@@H]1[C@H](c2ccccc2)C[C@H]2CC[C@@H]1N2CCCF. The van der Waals surface area contributed by atoms with E-state index in [9.17, 15) is 14.3 Å². The van der Waals surface area contributed by atoms with Crippen LogP contribution >= 0.6 is 0 Å². The van der Waals surface area contributed by atoms with Crippen LogP contribution in [0.4, 0.5) is 4.39 Å². The number of alkyl halides is 1. The number of nitrogens with zero attached hydrogens (tertiary/aromatic N) is 1. The minimum atomic E-state index is -0.709. The van der Waals surface area contributed by atoms with Gasteiger partial charge in [0.05, 0.1) is 12.6 Å². The van der Waals surface area contributed by atoms with E-state index < -0.39 is 5.97 Å². The van der Waals surface area contributed by atoms with Gasteiger partial charge in [-0.05, 0) is 31.2 Å². The zero-order chi connectivity index (χ0) is 14.8. The molecule has 0 amide bonds. The number of carboxylic acid groups (broad SMARTS) is 1. The van der Waals surface area contributed by atoms with Crippen molar-refractivity contribution in [3.05, 3.63) is 35.9 Å². The molecule has 0 aromatic heterocycles. The number of fused-ring (bicyclic) bond motifs is 2. The molecule has 0 aliphatic carbocycles. The summed E-state index contributed by atoms with van der Waals surface area (Å²) in [5.41, 5.74) is 1.13. The van der Waals surface area contributed by atoms with Gasteiger partial charge in [0, 0.05) is 24.5 Å². The van der Waals surface area contributed by atoms with Crippen LogP contribution in [0.2, 0.25) is 0 Å². The minimum Gasteiger partial charge on any atom is -0.481 e. The zero-order valence-corrected chi connectivity index (χ0v) is 12.1. The van der Waals surface area contributed by atoms with Crippen LogP contribution in [-0.4, -0.2) is 41.3 Å². The second-order valence-corrected chi connectivity index (χ2v) is 6.20. The van der Waals surface area contributed by atoms with Crippen LogP contribution < -0.4 is 0 Å². The first-order valence-electron chi connectivity index (χ1n) is 7.82. The summed E-state index contributed by atoms with van der Waals surface area (Å²) in [6.07, 6.45) is 3.36. The van der Waals surface area contributed by atoms with E-state index >= 15 is 0 Å². The third-order valence-electron chi connectivity index (χ3n) is 5.13. The van der Waals surface area contributed by atoms with Gasteiger partial charge in [0.1, 0.15) is 0 Å². The van der Waals surface area contributed by atoms with Gasteiger partial charge in [-0.15, -0.1) is 0 Å². The molecule has 0 saturated carbocycles. The first kappa shape index (κ1) is 14.5. The third-order valence-corrected chi connectivity index (χ3v) is 5.13. The molecule has 0 radical (unpaired) electrons. The van der Waals surface area contributed by atoms with Gasteiger partial charge < -0.3 is 5.11 Å². The fourth-order valence-electron chi connectivity index (χ4n) is 4.28. The highest BCUT2D eigenvalue weighted by molar-refractivity contribution is 5.73. The molecule has 4 heteroatoms. The van der Waals surface area contributed by atoms with Crippen LogP contribution in [-0.2, 0) is 4.79 Å². The van der Waals surface area contributed by atoms with Crippen LogP contribution in [0.3, 0.4) is 0 Å². The average molecular weight is 291 g/mol. The molecular formula is C17H22FNO2. The Labute approximate surface area is 124 Å². The Bertz CT molecular complexity index is 493.